The number of benzene rings is 11. The van der Waals surface area contributed by atoms with E-state index in [2.05, 4.69) is 222 Å². The van der Waals surface area contributed by atoms with Gasteiger partial charge in [0.1, 0.15) is 11.2 Å². The first-order valence-corrected chi connectivity index (χ1v) is 23.0. The van der Waals surface area contributed by atoms with Crippen molar-refractivity contribution in [1.29, 1.82) is 0 Å². The third-order valence-electron chi connectivity index (χ3n) is 15.5. The maximum Gasteiger partial charge on any atom is 0.143 e. The van der Waals surface area contributed by atoms with Crippen molar-refractivity contribution in [3.8, 4) is 55.6 Å². The minimum atomic E-state index is -0.168. The fraction of sp³-hybridized carbons (Fsp3) is 0.0938. The van der Waals surface area contributed by atoms with Crippen molar-refractivity contribution in [1.82, 2.24) is 0 Å². The van der Waals surface area contributed by atoms with Gasteiger partial charge in [-0.2, -0.15) is 0 Å². The van der Waals surface area contributed by atoms with Gasteiger partial charge in [0.2, 0.25) is 0 Å². The Morgan fingerprint density at radius 3 is 1.60 bits per heavy atom. The summed E-state index contributed by atoms with van der Waals surface area (Å²) in [6.07, 6.45) is 0. The quantitative estimate of drug-likeness (QED) is 0.162. The average molecular weight is 829 g/mol. The number of hydrogen-bond acceptors (Lipinski definition) is 1. The Morgan fingerprint density at radius 1 is 0.308 bits per heavy atom. The molecule has 0 amide bonds. The summed E-state index contributed by atoms with van der Waals surface area (Å²) in [4.78, 5) is 0. The predicted molar refractivity (Wildman–Crippen MR) is 275 cm³/mol. The van der Waals surface area contributed by atoms with Gasteiger partial charge < -0.3 is 4.42 Å². The van der Waals surface area contributed by atoms with Crippen molar-refractivity contribution in [2.24, 2.45) is 0 Å². The van der Waals surface area contributed by atoms with Crippen LogP contribution in [-0.4, -0.2) is 0 Å². The molecule has 0 aliphatic heterocycles. The van der Waals surface area contributed by atoms with Gasteiger partial charge in [-0.1, -0.05) is 191 Å². The second-order valence-corrected chi connectivity index (χ2v) is 19.5. The van der Waals surface area contributed by atoms with Gasteiger partial charge >= 0.3 is 0 Å². The van der Waals surface area contributed by atoms with Gasteiger partial charge in [0, 0.05) is 27.0 Å². The first kappa shape index (κ1) is 36.7. The van der Waals surface area contributed by atoms with Gasteiger partial charge in [-0.3, -0.25) is 0 Å². The molecule has 12 aromatic rings. The largest absolute Gasteiger partial charge is 0.455 e. The molecule has 0 N–H and O–H groups in total. The molecule has 0 saturated heterocycles. The van der Waals surface area contributed by atoms with Crippen molar-refractivity contribution >= 4 is 65.0 Å². The number of furan rings is 1. The summed E-state index contributed by atoms with van der Waals surface area (Å²) in [5.41, 5.74) is 20.0. The van der Waals surface area contributed by atoms with E-state index >= 15 is 0 Å². The Balaban J connectivity index is 0.898. The van der Waals surface area contributed by atoms with E-state index in [1.54, 1.807) is 0 Å². The molecule has 0 fully saturated rings. The van der Waals surface area contributed by atoms with E-state index in [0.717, 1.165) is 16.6 Å². The summed E-state index contributed by atoms with van der Waals surface area (Å²) in [6, 6.07) is 72.7. The van der Waals surface area contributed by atoms with Gasteiger partial charge in [0.05, 0.1) is 0 Å². The lowest BCUT2D eigenvalue weighted by Gasteiger charge is -2.23. The molecule has 0 radical (unpaired) electrons. The third kappa shape index (κ3) is 4.93. The van der Waals surface area contributed by atoms with Crippen LogP contribution < -0.4 is 0 Å². The number of hydrogen-bond donors (Lipinski definition) is 0. The topological polar surface area (TPSA) is 13.1 Å². The molecule has 2 aliphatic rings. The Labute approximate surface area is 378 Å². The number of fused-ring (bicyclic) bond motifs is 15. The van der Waals surface area contributed by atoms with Crippen LogP contribution in [0.25, 0.3) is 121 Å². The highest BCUT2D eigenvalue weighted by molar-refractivity contribution is 6.24. The van der Waals surface area contributed by atoms with Gasteiger partial charge in [-0.25, -0.2) is 0 Å². The second kappa shape index (κ2) is 12.9. The fourth-order valence-electron chi connectivity index (χ4n) is 12.3. The van der Waals surface area contributed by atoms with Crippen molar-refractivity contribution < 1.29 is 4.42 Å². The zero-order chi connectivity index (χ0) is 43.3. The summed E-state index contributed by atoms with van der Waals surface area (Å²) >= 11 is 0. The highest BCUT2D eigenvalue weighted by atomic mass is 16.3. The van der Waals surface area contributed by atoms with Gasteiger partial charge in [0.15, 0.2) is 0 Å². The molecule has 306 valence electrons. The van der Waals surface area contributed by atoms with Crippen LogP contribution in [0.3, 0.4) is 0 Å². The van der Waals surface area contributed by atoms with E-state index < -0.39 is 0 Å². The normalized spacial score (nSPS) is 14.4. The highest BCUT2D eigenvalue weighted by Crippen LogP contribution is 2.56. The van der Waals surface area contributed by atoms with Crippen molar-refractivity contribution in [2.45, 2.75) is 38.5 Å². The Bertz CT molecular complexity index is 4000. The molecule has 65 heavy (non-hydrogen) atoms. The Kier molecular flexibility index (Phi) is 7.30. The molecule has 0 unspecified atom stereocenters. The summed E-state index contributed by atoms with van der Waals surface area (Å²) < 4.78 is 6.66. The molecular formula is C64H44O. The first-order valence-electron chi connectivity index (χ1n) is 23.0. The molecule has 11 aromatic carbocycles. The maximum atomic E-state index is 6.66. The van der Waals surface area contributed by atoms with Gasteiger partial charge in [-0.15, -0.1) is 0 Å². The van der Waals surface area contributed by atoms with Crippen LogP contribution in [-0.2, 0) is 10.8 Å². The van der Waals surface area contributed by atoms with Gasteiger partial charge in [0.25, 0.3) is 0 Å². The number of rotatable bonds is 3. The predicted octanol–water partition coefficient (Wildman–Crippen LogP) is 17.8. The highest BCUT2D eigenvalue weighted by Gasteiger charge is 2.39. The molecule has 2 aliphatic carbocycles. The second-order valence-electron chi connectivity index (χ2n) is 19.5. The van der Waals surface area contributed by atoms with Gasteiger partial charge in [-0.05, 0) is 146 Å². The van der Waals surface area contributed by atoms with E-state index in [9.17, 15) is 0 Å². The van der Waals surface area contributed by atoms with Crippen LogP contribution in [0, 0.1) is 0 Å². The van der Waals surface area contributed by atoms with E-state index in [1.165, 1.54) is 126 Å². The lowest BCUT2D eigenvalue weighted by atomic mass is 9.80. The molecule has 1 heterocycles. The minimum Gasteiger partial charge on any atom is -0.455 e. The first-order chi connectivity index (χ1) is 31.8. The van der Waals surface area contributed by atoms with Crippen molar-refractivity contribution in [2.75, 3.05) is 0 Å². The molecule has 0 atom stereocenters. The van der Waals surface area contributed by atoms with E-state index in [-0.39, 0.29) is 10.8 Å². The Hall–Kier alpha value is -7.74. The molecular weight excluding hydrogens is 785 g/mol. The van der Waals surface area contributed by atoms with Crippen LogP contribution in [0.2, 0.25) is 0 Å². The molecule has 0 spiro atoms. The maximum absolute atomic E-state index is 6.66. The third-order valence-corrected chi connectivity index (χ3v) is 15.5. The fourth-order valence-corrected chi connectivity index (χ4v) is 12.3. The van der Waals surface area contributed by atoms with E-state index in [4.69, 9.17) is 4.42 Å². The zero-order valence-electron chi connectivity index (χ0n) is 36.9. The minimum absolute atomic E-state index is 0.167. The van der Waals surface area contributed by atoms with Crippen LogP contribution in [0.4, 0.5) is 0 Å². The smallest absolute Gasteiger partial charge is 0.143 e. The van der Waals surface area contributed by atoms with Crippen LogP contribution in [0.15, 0.2) is 199 Å². The molecule has 0 bridgehead atoms. The van der Waals surface area contributed by atoms with Crippen molar-refractivity contribution in [3.05, 3.63) is 216 Å². The summed E-state index contributed by atoms with van der Waals surface area (Å²) in [6.45, 7) is 9.57. The Morgan fingerprint density at radius 2 is 0.846 bits per heavy atom. The summed E-state index contributed by atoms with van der Waals surface area (Å²) in [7, 11) is 0. The SMILES string of the molecule is CC1(C)c2ccc(-c3ccc4c(c3)C(C)(C)c3ccc5oc6c7ccccc7ccc6c5c3-4)cc2-c2ccc(-c3c4ccccc4c(-c4cccc5ccccc45)c4ccccc34)cc21. The summed E-state index contributed by atoms with van der Waals surface area (Å²) in [5, 5.41) is 12.4. The molecule has 1 aromatic heterocycles. The lowest BCUT2D eigenvalue weighted by molar-refractivity contribution is 0.657. The van der Waals surface area contributed by atoms with E-state index in [1.807, 2.05) is 0 Å². The average Bonchev–Trinajstić information content (AvgIpc) is 3.92. The molecule has 1 heteroatoms. The zero-order valence-corrected chi connectivity index (χ0v) is 36.9. The summed E-state index contributed by atoms with van der Waals surface area (Å²) in [5.74, 6) is 0. The molecule has 14 rings (SSSR count). The monoisotopic (exact) mass is 828 g/mol. The van der Waals surface area contributed by atoms with Crippen molar-refractivity contribution in [3.63, 3.8) is 0 Å². The van der Waals surface area contributed by atoms with Crippen LogP contribution in [0.5, 0.6) is 0 Å². The van der Waals surface area contributed by atoms with E-state index in [0.29, 0.717) is 0 Å². The standard InChI is InChI=1S/C64H44O/c1-63(2)53-31-27-39(40-25-29-50-56(35-40)64(3,4)54-32-33-57-61(60(50)54)51-30-24-38-15-6-8-18-43(38)62(51)65-57)34-52(53)44-28-26-41(36-55(44)63)58-46-19-9-11-21-48(46)59(49-22-12-10-20-47(49)58)45-23-13-16-37-14-5-7-17-42(37)45/h5-36H,1-4H3. The van der Waals surface area contributed by atoms with Crippen LogP contribution >= 0.6 is 0 Å². The lowest BCUT2D eigenvalue weighted by Crippen LogP contribution is -2.15. The molecule has 1 nitrogen and oxygen atoms in total. The molecule has 0 saturated carbocycles. The van der Waals surface area contributed by atoms with Crippen LogP contribution in [0.1, 0.15) is 49.9 Å².